The van der Waals surface area contributed by atoms with Gasteiger partial charge in [0.25, 0.3) is 5.91 Å². The number of nitrogens with zero attached hydrogens (tertiary/aromatic N) is 2. The number of carbonyl (C=O) groups is 1. The summed E-state index contributed by atoms with van der Waals surface area (Å²) >= 11 is 1.36. The average molecular weight is 411 g/mol. The Morgan fingerprint density at radius 3 is 2.79 bits per heavy atom. The number of carbonyl (C=O) groups excluding carboxylic acids is 1. The van der Waals surface area contributed by atoms with Crippen LogP contribution >= 0.6 is 11.3 Å². The van der Waals surface area contributed by atoms with Gasteiger partial charge in [-0.05, 0) is 50.0 Å². The lowest BCUT2D eigenvalue weighted by Crippen LogP contribution is -2.32. The van der Waals surface area contributed by atoms with E-state index >= 15 is 0 Å². The molecule has 1 amide bonds. The first-order valence-electron chi connectivity index (χ1n) is 9.05. The molecule has 1 aromatic heterocycles. The molecule has 2 heterocycles. The number of aromatic nitrogens is 1. The topological polar surface area (TPSA) is 63.7 Å². The van der Waals surface area contributed by atoms with Gasteiger partial charge >= 0.3 is 6.61 Å². The van der Waals surface area contributed by atoms with Gasteiger partial charge in [0.05, 0.1) is 12.8 Å². The SMILES string of the molecule is COc1cc(C(=O)Nc2nc(CN3CCC(C)CC3)cs2)ccc1OC(F)F. The Bertz CT molecular complexity index is 807. The van der Waals surface area contributed by atoms with Crippen molar-refractivity contribution in [2.75, 3.05) is 25.5 Å². The van der Waals surface area contributed by atoms with Crippen molar-refractivity contribution >= 4 is 22.4 Å². The lowest BCUT2D eigenvalue weighted by molar-refractivity contribution is -0.0512. The third kappa shape index (κ3) is 5.39. The van der Waals surface area contributed by atoms with Crippen molar-refractivity contribution in [3.63, 3.8) is 0 Å². The first-order valence-corrected chi connectivity index (χ1v) is 9.93. The summed E-state index contributed by atoms with van der Waals surface area (Å²) in [6, 6.07) is 4.04. The minimum absolute atomic E-state index is 0.0621. The lowest BCUT2D eigenvalue weighted by atomic mass is 9.99. The highest BCUT2D eigenvalue weighted by Gasteiger charge is 2.18. The number of likely N-dealkylation sites (tertiary alicyclic amines) is 1. The molecular weight excluding hydrogens is 388 g/mol. The molecule has 0 saturated carbocycles. The zero-order valence-corrected chi connectivity index (χ0v) is 16.6. The molecule has 9 heteroatoms. The van der Waals surface area contributed by atoms with Gasteiger partial charge in [0, 0.05) is 17.5 Å². The monoisotopic (exact) mass is 411 g/mol. The van der Waals surface area contributed by atoms with E-state index in [0.717, 1.165) is 31.2 Å². The van der Waals surface area contributed by atoms with Crippen LogP contribution in [0.25, 0.3) is 0 Å². The number of rotatable bonds is 7. The van der Waals surface area contributed by atoms with E-state index in [1.807, 2.05) is 5.38 Å². The van der Waals surface area contributed by atoms with Crippen LogP contribution in [0.15, 0.2) is 23.6 Å². The maximum atomic E-state index is 12.5. The Morgan fingerprint density at radius 2 is 2.11 bits per heavy atom. The number of thiazole rings is 1. The van der Waals surface area contributed by atoms with Crippen molar-refractivity contribution in [2.45, 2.75) is 32.9 Å². The molecule has 28 heavy (non-hydrogen) atoms. The van der Waals surface area contributed by atoms with Gasteiger partial charge in [-0.1, -0.05) is 6.92 Å². The summed E-state index contributed by atoms with van der Waals surface area (Å²) in [5.41, 5.74) is 1.19. The van der Waals surface area contributed by atoms with Crippen LogP contribution in [0.1, 0.15) is 35.8 Å². The normalized spacial score (nSPS) is 15.6. The van der Waals surface area contributed by atoms with E-state index in [4.69, 9.17) is 4.74 Å². The smallest absolute Gasteiger partial charge is 0.387 e. The van der Waals surface area contributed by atoms with E-state index in [0.29, 0.717) is 5.13 Å². The molecule has 1 aromatic carbocycles. The Labute approximate surface area is 166 Å². The van der Waals surface area contributed by atoms with Crippen molar-refractivity contribution in [2.24, 2.45) is 5.92 Å². The van der Waals surface area contributed by atoms with Crippen molar-refractivity contribution in [3.8, 4) is 11.5 Å². The third-order valence-electron chi connectivity index (χ3n) is 4.68. The van der Waals surface area contributed by atoms with Crippen LogP contribution < -0.4 is 14.8 Å². The minimum atomic E-state index is -2.97. The van der Waals surface area contributed by atoms with Crippen LogP contribution in [0, 0.1) is 5.92 Å². The zero-order chi connectivity index (χ0) is 20.1. The summed E-state index contributed by atoms with van der Waals surface area (Å²) in [4.78, 5) is 19.3. The number of halogens is 2. The minimum Gasteiger partial charge on any atom is -0.493 e. The van der Waals surface area contributed by atoms with Crippen LogP contribution in [0.3, 0.4) is 0 Å². The molecule has 0 aliphatic carbocycles. The molecule has 0 radical (unpaired) electrons. The van der Waals surface area contributed by atoms with E-state index < -0.39 is 12.5 Å². The number of hydrogen-bond donors (Lipinski definition) is 1. The first-order chi connectivity index (χ1) is 13.4. The van der Waals surface area contributed by atoms with Crippen LogP contribution in [0.5, 0.6) is 11.5 Å². The Morgan fingerprint density at radius 1 is 1.36 bits per heavy atom. The Hall–Kier alpha value is -2.26. The van der Waals surface area contributed by atoms with Gasteiger partial charge < -0.3 is 9.47 Å². The summed E-state index contributed by atoms with van der Waals surface area (Å²) < 4.78 is 34.2. The van der Waals surface area contributed by atoms with Gasteiger partial charge in [0.1, 0.15) is 0 Å². The highest BCUT2D eigenvalue weighted by atomic mass is 32.1. The molecular formula is C19H23F2N3O3S. The van der Waals surface area contributed by atoms with E-state index in [-0.39, 0.29) is 17.1 Å². The lowest BCUT2D eigenvalue weighted by Gasteiger charge is -2.29. The molecule has 6 nitrogen and oxygen atoms in total. The molecule has 152 valence electrons. The number of alkyl halides is 2. The second-order valence-corrected chi connectivity index (χ2v) is 7.66. The van der Waals surface area contributed by atoms with Gasteiger partial charge in [0.15, 0.2) is 16.6 Å². The van der Waals surface area contributed by atoms with Gasteiger partial charge in [-0.15, -0.1) is 11.3 Å². The van der Waals surface area contributed by atoms with Crippen LogP contribution in [-0.2, 0) is 6.54 Å². The Balaban J connectivity index is 1.61. The molecule has 1 aliphatic heterocycles. The summed E-state index contributed by atoms with van der Waals surface area (Å²) in [5, 5.41) is 5.18. The van der Waals surface area contributed by atoms with E-state index in [1.165, 1.54) is 49.5 Å². The van der Waals surface area contributed by atoms with Gasteiger partial charge in [-0.25, -0.2) is 4.98 Å². The van der Waals surface area contributed by atoms with Gasteiger partial charge in [-0.3, -0.25) is 15.0 Å². The van der Waals surface area contributed by atoms with Crippen molar-refractivity contribution < 1.29 is 23.0 Å². The number of piperidine rings is 1. The number of methoxy groups -OCH3 is 1. The van der Waals surface area contributed by atoms with E-state index in [9.17, 15) is 13.6 Å². The van der Waals surface area contributed by atoms with Crippen LogP contribution in [-0.4, -0.2) is 42.6 Å². The number of benzene rings is 1. The second kappa shape index (κ2) is 9.29. The molecule has 1 fully saturated rings. The fraction of sp³-hybridized carbons (Fsp3) is 0.474. The van der Waals surface area contributed by atoms with Crippen molar-refractivity contribution in [1.82, 2.24) is 9.88 Å². The molecule has 1 aliphatic rings. The highest BCUT2D eigenvalue weighted by Crippen LogP contribution is 2.30. The van der Waals surface area contributed by atoms with Crippen molar-refractivity contribution in [1.29, 1.82) is 0 Å². The molecule has 0 atom stereocenters. The zero-order valence-electron chi connectivity index (χ0n) is 15.8. The first kappa shape index (κ1) is 20.5. The number of amides is 1. The van der Waals surface area contributed by atoms with Crippen LogP contribution in [0.2, 0.25) is 0 Å². The number of anilines is 1. The maximum absolute atomic E-state index is 12.5. The molecule has 2 aromatic rings. The van der Waals surface area contributed by atoms with E-state index in [1.54, 1.807) is 0 Å². The average Bonchev–Trinajstić information content (AvgIpc) is 3.10. The van der Waals surface area contributed by atoms with Crippen molar-refractivity contribution in [3.05, 3.63) is 34.8 Å². The molecule has 0 unspecified atom stereocenters. The standard InChI is InChI=1S/C19H23F2N3O3S/c1-12-5-7-24(8-6-12)10-14-11-28-19(22-14)23-17(25)13-3-4-15(27-18(20)21)16(9-13)26-2/h3-4,9,11-12,18H,5-8,10H2,1-2H3,(H,22,23,25). The maximum Gasteiger partial charge on any atom is 0.387 e. The number of nitrogens with one attached hydrogen (secondary N) is 1. The fourth-order valence-corrected chi connectivity index (χ4v) is 3.75. The predicted octanol–water partition coefficient (Wildman–Crippen LogP) is 4.24. The summed E-state index contributed by atoms with van der Waals surface area (Å²) in [7, 11) is 1.32. The highest BCUT2D eigenvalue weighted by molar-refractivity contribution is 7.13. The fourth-order valence-electron chi connectivity index (χ4n) is 3.06. The molecule has 3 rings (SSSR count). The number of hydrogen-bond acceptors (Lipinski definition) is 6. The summed E-state index contributed by atoms with van der Waals surface area (Å²) in [6.45, 7) is 2.20. The van der Waals surface area contributed by atoms with Gasteiger partial charge in [-0.2, -0.15) is 8.78 Å². The molecule has 1 N–H and O–H groups in total. The quantitative estimate of drug-likeness (QED) is 0.738. The third-order valence-corrected chi connectivity index (χ3v) is 5.48. The molecule has 1 saturated heterocycles. The van der Waals surface area contributed by atoms with E-state index in [2.05, 4.69) is 26.9 Å². The second-order valence-electron chi connectivity index (χ2n) is 6.80. The summed E-state index contributed by atoms with van der Waals surface area (Å²) in [6.07, 6.45) is 2.39. The summed E-state index contributed by atoms with van der Waals surface area (Å²) in [5.74, 6) is 0.319. The largest absolute Gasteiger partial charge is 0.493 e. The van der Waals surface area contributed by atoms with Gasteiger partial charge in [0.2, 0.25) is 0 Å². The number of ether oxygens (including phenoxy) is 2. The molecule has 0 bridgehead atoms. The predicted molar refractivity (Wildman–Crippen MR) is 103 cm³/mol. The molecule has 0 spiro atoms. The Kier molecular flexibility index (Phi) is 6.79. The van der Waals surface area contributed by atoms with Crippen LogP contribution in [0.4, 0.5) is 13.9 Å².